The molecule has 1 aliphatic heterocycles. The third kappa shape index (κ3) is 5.32. The van der Waals surface area contributed by atoms with Crippen LogP contribution in [0.15, 0.2) is 59.8 Å². The quantitative estimate of drug-likeness (QED) is 0.303. The molecule has 0 unspecified atom stereocenters. The Bertz CT molecular complexity index is 1750. The Morgan fingerprint density at radius 3 is 2.74 bits per heavy atom. The van der Waals surface area contributed by atoms with Crippen LogP contribution in [0.5, 0.6) is 5.75 Å². The van der Waals surface area contributed by atoms with Gasteiger partial charge in [0.2, 0.25) is 10.0 Å². The summed E-state index contributed by atoms with van der Waals surface area (Å²) >= 11 is 0. The molecule has 4 aromatic rings. The number of hydrogen-bond acceptors (Lipinski definition) is 7. The molecule has 3 atom stereocenters. The molecule has 3 heterocycles. The molecule has 0 amide bonds. The van der Waals surface area contributed by atoms with E-state index in [4.69, 9.17) is 4.74 Å². The van der Waals surface area contributed by atoms with E-state index in [2.05, 4.69) is 22.3 Å². The second-order valence-electron chi connectivity index (χ2n) is 11.2. The number of hydrogen-bond donors (Lipinski definition) is 1. The first-order valence-electron chi connectivity index (χ1n) is 14.2. The van der Waals surface area contributed by atoms with E-state index < -0.39 is 16.0 Å². The van der Waals surface area contributed by atoms with Crippen molar-refractivity contribution in [3.05, 3.63) is 82.9 Å². The normalized spacial score (nSPS) is 21.4. The Kier molecular flexibility index (Phi) is 7.36. The van der Waals surface area contributed by atoms with Crippen LogP contribution >= 0.6 is 0 Å². The van der Waals surface area contributed by atoms with Crippen molar-refractivity contribution in [1.82, 2.24) is 29.1 Å². The van der Waals surface area contributed by atoms with Gasteiger partial charge in [-0.15, -0.1) is 5.10 Å². The number of aromatic carboxylic acids is 1. The number of carbonyl (C=O) groups is 1. The molecule has 1 saturated carbocycles. The molecule has 1 aliphatic carbocycles. The molecule has 0 bridgehead atoms. The van der Waals surface area contributed by atoms with Crippen molar-refractivity contribution in [1.29, 1.82) is 0 Å². The molecule has 6 rings (SSSR count). The Labute approximate surface area is 244 Å². The van der Waals surface area contributed by atoms with Gasteiger partial charge in [-0.05, 0) is 61.6 Å². The number of nitrogens with zero attached hydrogens (tertiary/aromatic N) is 6. The predicted molar refractivity (Wildman–Crippen MR) is 154 cm³/mol. The summed E-state index contributed by atoms with van der Waals surface area (Å²) in [6.07, 6.45) is 6.37. The van der Waals surface area contributed by atoms with E-state index in [0.29, 0.717) is 17.1 Å². The molecule has 1 N–H and O–H groups in total. The fourth-order valence-electron chi connectivity index (χ4n) is 5.76. The first kappa shape index (κ1) is 28.1. The molecule has 220 valence electrons. The number of aryl methyl sites for hydroxylation is 2. The fraction of sp³-hybridized carbons (Fsp3) is 0.400. The van der Waals surface area contributed by atoms with Crippen molar-refractivity contribution in [2.75, 3.05) is 6.54 Å². The van der Waals surface area contributed by atoms with Gasteiger partial charge in [0.05, 0.1) is 29.8 Å². The van der Waals surface area contributed by atoms with E-state index in [9.17, 15) is 18.3 Å². The van der Waals surface area contributed by atoms with E-state index >= 15 is 0 Å². The first-order valence-corrected chi connectivity index (χ1v) is 15.6. The van der Waals surface area contributed by atoms with Gasteiger partial charge in [-0.3, -0.25) is 4.68 Å². The number of carboxylic acid groups (broad SMARTS) is 1. The summed E-state index contributed by atoms with van der Waals surface area (Å²) in [5, 5.41) is 22.6. The maximum absolute atomic E-state index is 13.9. The summed E-state index contributed by atoms with van der Waals surface area (Å²) in [7, 11) is -2.04. The largest absolute Gasteiger partial charge is 0.488 e. The van der Waals surface area contributed by atoms with Crippen LogP contribution in [-0.4, -0.2) is 61.2 Å². The Hall–Kier alpha value is -4.03. The minimum absolute atomic E-state index is 0.0567. The number of fused-ring (bicyclic) bond motifs is 1. The molecular weight excluding hydrogens is 556 g/mol. The summed E-state index contributed by atoms with van der Waals surface area (Å²) < 4.78 is 38.8. The number of carboxylic acids is 1. The summed E-state index contributed by atoms with van der Waals surface area (Å²) in [5.74, 6) is -0.662. The lowest BCUT2D eigenvalue weighted by Crippen LogP contribution is -2.36. The topological polar surface area (TPSA) is 132 Å². The number of benzene rings is 2. The van der Waals surface area contributed by atoms with Crippen LogP contribution in [0.4, 0.5) is 0 Å². The van der Waals surface area contributed by atoms with Crippen molar-refractivity contribution < 1.29 is 23.1 Å². The maximum Gasteiger partial charge on any atom is 0.339 e. The zero-order valence-electron chi connectivity index (χ0n) is 23.8. The van der Waals surface area contributed by atoms with Crippen molar-refractivity contribution >= 4 is 16.0 Å². The SMILES string of the molecule is CCCC[C@@H]1CN(Cc2cccc(-n3ncc(C(=O)O)c3[C@@H]3C[C@H]3c3cn(C)nn3)c2)S(=O)(=O)c2cc(C)ccc2O1. The maximum atomic E-state index is 13.9. The highest BCUT2D eigenvalue weighted by atomic mass is 32.2. The lowest BCUT2D eigenvalue weighted by molar-refractivity contribution is 0.0695. The Morgan fingerprint density at radius 1 is 1.17 bits per heavy atom. The lowest BCUT2D eigenvalue weighted by Gasteiger charge is -2.23. The van der Waals surface area contributed by atoms with Crippen molar-refractivity contribution in [3.63, 3.8) is 0 Å². The molecule has 0 spiro atoms. The van der Waals surface area contributed by atoms with Crippen LogP contribution in [0.25, 0.3) is 5.69 Å². The third-order valence-corrected chi connectivity index (χ3v) is 9.82. The molecule has 12 heteroatoms. The number of rotatable bonds is 9. The highest BCUT2D eigenvalue weighted by molar-refractivity contribution is 7.89. The molecule has 0 radical (unpaired) electrons. The zero-order chi connectivity index (χ0) is 29.6. The van der Waals surface area contributed by atoms with Crippen molar-refractivity contribution in [3.8, 4) is 11.4 Å². The van der Waals surface area contributed by atoms with Crippen LogP contribution in [0.2, 0.25) is 0 Å². The number of unbranched alkanes of at least 4 members (excludes halogenated alkanes) is 1. The molecule has 11 nitrogen and oxygen atoms in total. The summed E-state index contributed by atoms with van der Waals surface area (Å²) in [6.45, 7) is 4.34. The minimum Gasteiger partial charge on any atom is -0.488 e. The van der Waals surface area contributed by atoms with Gasteiger partial charge in [0.15, 0.2) is 0 Å². The van der Waals surface area contributed by atoms with Crippen LogP contribution in [0, 0.1) is 6.92 Å². The second-order valence-corrected chi connectivity index (χ2v) is 13.1. The highest BCUT2D eigenvalue weighted by Gasteiger charge is 2.46. The van der Waals surface area contributed by atoms with Gasteiger partial charge in [-0.25, -0.2) is 17.9 Å². The summed E-state index contributed by atoms with van der Waals surface area (Å²) in [5.41, 5.74) is 3.85. The molecule has 2 aliphatic rings. The number of ether oxygens (including phenoxy) is 1. The monoisotopic (exact) mass is 590 g/mol. The fourth-order valence-corrected chi connectivity index (χ4v) is 7.43. The van der Waals surface area contributed by atoms with Gasteiger partial charge in [0.1, 0.15) is 22.3 Å². The lowest BCUT2D eigenvalue weighted by atomic mass is 10.1. The molecule has 2 aromatic carbocycles. The Balaban J connectivity index is 1.33. The molecular formula is C30H34N6O5S. The average Bonchev–Trinajstić information content (AvgIpc) is 3.43. The zero-order valence-corrected chi connectivity index (χ0v) is 24.7. The van der Waals surface area contributed by atoms with Crippen molar-refractivity contribution in [2.24, 2.45) is 7.05 Å². The smallest absolute Gasteiger partial charge is 0.339 e. The van der Waals surface area contributed by atoms with Gasteiger partial charge in [0.25, 0.3) is 0 Å². The van der Waals surface area contributed by atoms with Crippen LogP contribution in [0.1, 0.15) is 77.3 Å². The van der Waals surface area contributed by atoms with Gasteiger partial charge < -0.3 is 9.84 Å². The van der Waals surface area contributed by atoms with Crippen molar-refractivity contribution in [2.45, 2.75) is 68.9 Å². The molecule has 2 aromatic heterocycles. The standard InChI is InChI=1S/C30H34N6O5S/c1-4-5-9-22-17-35(42(39,40)28-12-19(2)10-11-27(28)41-22)16-20-7-6-8-21(13-20)36-29(25(15-31-36)30(37)38)24-14-23(24)26-18-34(3)33-32-26/h6-8,10-13,15,18,22-24H,4-5,9,14,16-17H2,1-3H3,(H,37,38)/t22-,23-,24-/m1/s1. The van der Waals surface area contributed by atoms with Crippen LogP contribution in [-0.2, 0) is 23.6 Å². The van der Waals surface area contributed by atoms with E-state index in [1.807, 2.05) is 43.5 Å². The Morgan fingerprint density at radius 2 is 2.00 bits per heavy atom. The number of sulfonamides is 1. The second kappa shape index (κ2) is 11.0. The van der Waals surface area contributed by atoms with E-state index in [0.717, 1.165) is 42.5 Å². The number of aromatic nitrogens is 5. The van der Waals surface area contributed by atoms with Gasteiger partial charge >= 0.3 is 5.97 Å². The first-order chi connectivity index (χ1) is 20.2. The van der Waals surface area contributed by atoms with E-state index in [-0.39, 0.29) is 41.5 Å². The summed E-state index contributed by atoms with van der Waals surface area (Å²) in [4.78, 5) is 12.3. The van der Waals surface area contributed by atoms with Gasteiger partial charge in [0, 0.05) is 31.6 Å². The highest BCUT2D eigenvalue weighted by Crippen LogP contribution is 2.55. The third-order valence-electron chi connectivity index (χ3n) is 7.99. The predicted octanol–water partition coefficient (Wildman–Crippen LogP) is 4.42. The molecule has 0 saturated heterocycles. The van der Waals surface area contributed by atoms with Gasteiger partial charge in [-0.2, -0.15) is 9.40 Å². The van der Waals surface area contributed by atoms with Crippen LogP contribution < -0.4 is 4.74 Å². The summed E-state index contributed by atoms with van der Waals surface area (Å²) in [6, 6.07) is 12.7. The van der Waals surface area contributed by atoms with Gasteiger partial charge in [-0.1, -0.05) is 36.8 Å². The molecule has 1 fully saturated rings. The minimum atomic E-state index is -3.84. The van der Waals surface area contributed by atoms with E-state index in [1.165, 1.54) is 10.5 Å². The average molecular weight is 591 g/mol. The van der Waals surface area contributed by atoms with Crippen LogP contribution in [0.3, 0.4) is 0 Å². The molecule has 42 heavy (non-hydrogen) atoms. The van der Waals surface area contributed by atoms with E-state index in [1.54, 1.807) is 28.5 Å².